The zero-order valence-electron chi connectivity index (χ0n) is 13.3. The molecule has 8 heteroatoms. The Morgan fingerprint density at radius 1 is 1.16 bits per heavy atom. The first-order valence-electron chi connectivity index (χ1n) is 7.49. The molecule has 0 spiro atoms. The molecule has 2 N–H and O–H groups in total. The van der Waals surface area contributed by atoms with E-state index in [0.717, 1.165) is 14.7 Å². The average molecular weight is 472 g/mol. The van der Waals surface area contributed by atoms with Crippen LogP contribution in [0.25, 0.3) is 11.5 Å². The van der Waals surface area contributed by atoms with Crippen molar-refractivity contribution in [2.45, 2.75) is 13.5 Å². The van der Waals surface area contributed by atoms with Gasteiger partial charge >= 0.3 is 6.01 Å². The van der Waals surface area contributed by atoms with E-state index in [4.69, 9.17) is 31.2 Å². The average Bonchev–Trinajstić information content (AvgIpc) is 3.02. The Bertz CT molecular complexity index is 868. The molecule has 0 aliphatic carbocycles. The molecule has 0 unspecified atom stereocenters. The molecule has 3 rings (SSSR count). The van der Waals surface area contributed by atoms with Crippen molar-refractivity contribution < 1.29 is 13.9 Å². The summed E-state index contributed by atoms with van der Waals surface area (Å²) in [6.45, 7) is 2.82. The second-order valence-corrected chi connectivity index (χ2v) is 6.68. The highest BCUT2D eigenvalue weighted by atomic mass is 127. The molecule has 0 fully saturated rings. The summed E-state index contributed by atoms with van der Waals surface area (Å²) in [6.07, 6.45) is 0. The molecular weight excluding hydrogens is 457 g/mol. The summed E-state index contributed by atoms with van der Waals surface area (Å²) in [5.41, 5.74) is 7.22. The number of nitrogen functional groups attached to an aromatic ring is 1. The molecular formula is C17H15ClIN3O3. The van der Waals surface area contributed by atoms with Gasteiger partial charge in [-0.15, -0.1) is 5.10 Å². The van der Waals surface area contributed by atoms with Gasteiger partial charge in [0.1, 0.15) is 6.61 Å². The number of hydrogen-bond acceptors (Lipinski definition) is 6. The number of halogens is 2. The lowest BCUT2D eigenvalue weighted by atomic mass is 10.2. The van der Waals surface area contributed by atoms with Gasteiger partial charge in [0.2, 0.25) is 5.89 Å². The van der Waals surface area contributed by atoms with E-state index in [1.165, 1.54) is 0 Å². The number of aromatic nitrogens is 2. The third kappa shape index (κ3) is 4.35. The third-order valence-corrected chi connectivity index (χ3v) is 4.35. The fourth-order valence-electron chi connectivity index (χ4n) is 2.18. The quantitative estimate of drug-likeness (QED) is 0.531. The predicted molar refractivity (Wildman–Crippen MR) is 104 cm³/mol. The van der Waals surface area contributed by atoms with E-state index < -0.39 is 0 Å². The van der Waals surface area contributed by atoms with Gasteiger partial charge < -0.3 is 19.6 Å². The summed E-state index contributed by atoms with van der Waals surface area (Å²) in [4.78, 5) is 0. The van der Waals surface area contributed by atoms with Gasteiger partial charge in [-0.3, -0.25) is 0 Å². The van der Waals surface area contributed by atoms with E-state index in [1.54, 1.807) is 6.07 Å². The number of nitrogens with two attached hydrogens (primary N) is 1. The summed E-state index contributed by atoms with van der Waals surface area (Å²) in [7, 11) is 0. The van der Waals surface area contributed by atoms with E-state index in [0.29, 0.717) is 35.6 Å². The largest absolute Gasteiger partial charge is 0.490 e. The van der Waals surface area contributed by atoms with E-state index in [-0.39, 0.29) is 6.01 Å². The van der Waals surface area contributed by atoms with Crippen molar-refractivity contribution in [2.24, 2.45) is 0 Å². The van der Waals surface area contributed by atoms with Crippen LogP contribution in [0.3, 0.4) is 0 Å². The Balaban J connectivity index is 1.88. The number of nitrogens with zero attached hydrogens (tertiary/aromatic N) is 2. The van der Waals surface area contributed by atoms with Crippen LogP contribution >= 0.6 is 34.2 Å². The van der Waals surface area contributed by atoms with Crippen LogP contribution in [-0.2, 0) is 6.61 Å². The number of ether oxygens (including phenoxy) is 2. The molecule has 0 amide bonds. The fraction of sp³-hybridized carbons (Fsp3) is 0.176. The summed E-state index contributed by atoms with van der Waals surface area (Å²) >= 11 is 8.09. The topological polar surface area (TPSA) is 83.4 Å². The molecule has 0 bridgehead atoms. The first-order chi connectivity index (χ1) is 12.1. The SMILES string of the molecule is CCOc1cc(-c2nnc(N)o2)cc(I)c1OCc1ccc(Cl)cc1. The maximum Gasteiger partial charge on any atom is 0.313 e. The molecule has 3 aromatic rings. The lowest BCUT2D eigenvalue weighted by molar-refractivity contribution is 0.267. The minimum Gasteiger partial charge on any atom is -0.490 e. The van der Waals surface area contributed by atoms with Crippen LogP contribution in [-0.4, -0.2) is 16.8 Å². The van der Waals surface area contributed by atoms with Gasteiger partial charge in [0.15, 0.2) is 11.5 Å². The number of anilines is 1. The molecule has 0 saturated carbocycles. The summed E-state index contributed by atoms with van der Waals surface area (Å²) in [6, 6.07) is 11.2. The monoisotopic (exact) mass is 471 g/mol. The Hall–Kier alpha value is -2.00. The maximum absolute atomic E-state index is 5.98. The molecule has 2 aromatic carbocycles. The molecule has 0 radical (unpaired) electrons. The van der Waals surface area contributed by atoms with Crippen LogP contribution in [0.4, 0.5) is 6.01 Å². The van der Waals surface area contributed by atoms with Crippen LogP contribution in [0.1, 0.15) is 12.5 Å². The molecule has 0 aliphatic heterocycles. The van der Waals surface area contributed by atoms with Crippen molar-refractivity contribution in [3.05, 3.63) is 50.6 Å². The number of hydrogen-bond donors (Lipinski definition) is 1. The van der Waals surface area contributed by atoms with Crippen LogP contribution in [0.5, 0.6) is 11.5 Å². The summed E-state index contributed by atoms with van der Waals surface area (Å²) in [5, 5.41) is 8.28. The highest BCUT2D eigenvalue weighted by molar-refractivity contribution is 14.1. The van der Waals surface area contributed by atoms with Crippen LogP contribution in [0.15, 0.2) is 40.8 Å². The predicted octanol–water partition coefficient (Wildman–Crippen LogP) is 4.55. The highest BCUT2D eigenvalue weighted by Gasteiger charge is 2.16. The van der Waals surface area contributed by atoms with Crippen molar-refractivity contribution >= 4 is 40.2 Å². The van der Waals surface area contributed by atoms with Gasteiger partial charge in [-0.25, -0.2) is 0 Å². The summed E-state index contributed by atoms with van der Waals surface area (Å²) in [5.74, 6) is 1.60. The van der Waals surface area contributed by atoms with Gasteiger partial charge in [-0.1, -0.05) is 28.8 Å². The molecule has 0 saturated heterocycles. The first-order valence-corrected chi connectivity index (χ1v) is 8.95. The highest BCUT2D eigenvalue weighted by Crippen LogP contribution is 2.37. The van der Waals surface area contributed by atoms with E-state index in [1.807, 2.05) is 37.3 Å². The normalized spacial score (nSPS) is 10.7. The lowest BCUT2D eigenvalue weighted by Gasteiger charge is -2.15. The smallest absolute Gasteiger partial charge is 0.313 e. The zero-order valence-corrected chi connectivity index (χ0v) is 16.2. The minimum absolute atomic E-state index is 0.0195. The Labute approximate surface area is 163 Å². The Morgan fingerprint density at radius 2 is 1.92 bits per heavy atom. The lowest BCUT2D eigenvalue weighted by Crippen LogP contribution is -2.02. The Kier molecular flexibility index (Phi) is 5.64. The molecule has 25 heavy (non-hydrogen) atoms. The molecule has 0 atom stereocenters. The number of benzene rings is 2. The van der Waals surface area contributed by atoms with Crippen LogP contribution in [0, 0.1) is 3.57 Å². The van der Waals surface area contributed by atoms with Gasteiger partial charge in [-0.2, -0.15) is 0 Å². The van der Waals surface area contributed by atoms with Crippen LogP contribution < -0.4 is 15.2 Å². The van der Waals surface area contributed by atoms with Crippen LogP contribution in [0.2, 0.25) is 5.02 Å². The molecule has 6 nitrogen and oxygen atoms in total. The minimum atomic E-state index is 0.0195. The number of rotatable bonds is 6. The second kappa shape index (κ2) is 7.92. The van der Waals surface area contributed by atoms with Crippen molar-refractivity contribution in [1.82, 2.24) is 10.2 Å². The molecule has 0 aliphatic rings. The third-order valence-electron chi connectivity index (χ3n) is 3.29. The van der Waals surface area contributed by atoms with Gasteiger partial charge in [0, 0.05) is 10.6 Å². The van der Waals surface area contributed by atoms with Crippen molar-refractivity contribution in [1.29, 1.82) is 0 Å². The van der Waals surface area contributed by atoms with E-state index in [9.17, 15) is 0 Å². The maximum atomic E-state index is 5.98. The summed E-state index contributed by atoms with van der Waals surface area (Å²) < 4.78 is 17.8. The standard InChI is InChI=1S/C17H15ClIN3O3/c1-2-23-14-8-11(16-21-22-17(20)25-16)7-13(19)15(14)24-9-10-3-5-12(18)6-4-10/h3-8H,2,9H2,1H3,(H2,20,22). The molecule has 1 aromatic heterocycles. The Morgan fingerprint density at radius 3 is 2.56 bits per heavy atom. The van der Waals surface area contributed by atoms with Crippen molar-refractivity contribution in [3.8, 4) is 23.0 Å². The van der Waals surface area contributed by atoms with E-state index in [2.05, 4.69) is 32.8 Å². The van der Waals surface area contributed by atoms with Crippen molar-refractivity contribution in [3.63, 3.8) is 0 Å². The van der Waals surface area contributed by atoms with Crippen molar-refractivity contribution in [2.75, 3.05) is 12.3 Å². The van der Waals surface area contributed by atoms with Gasteiger partial charge in [0.05, 0.1) is 10.2 Å². The van der Waals surface area contributed by atoms with Gasteiger partial charge in [0.25, 0.3) is 0 Å². The second-order valence-electron chi connectivity index (χ2n) is 5.08. The fourth-order valence-corrected chi connectivity index (χ4v) is 3.06. The van der Waals surface area contributed by atoms with E-state index >= 15 is 0 Å². The molecule has 130 valence electrons. The van der Waals surface area contributed by atoms with Gasteiger partial charge in [-0.05, 0) is 59.3 Å². The zero-order chi connectivity index (χ0) is 17.8. The molecule has 1 heterocycles. The first kappa shape index (κ1) is 17.8.